The zero-order valence-corrected chi connectivity index (χ0v) is 14.5. The van der Waals surface area contributed by atoms with Gasteiger partial charge in [-0.15, -0.1) is 0 Å². The molecule has 0 aromatic heterocycles. The minimum atomic E-state index is 0.451. The van der Waals surface area contributed by atoms with Gasteiger partial charge in [0.15, 0.2) is 0 Å². The van der Waals surface area contributed by atoms with Gasteiger partial charge < -0.3 is 10.1 Å². The van der Waals surface area contributed by atoms with E-state index in [-0.39, 0.29) is 0 Å². The van der Waals surface area contributed by atoms with E-state index in [2.05, 4.69) is 31.0 Å². The molecule has 0 amide bonds. The van der Waals surface area contributed by atoms with Crippen LogP contribution >= 0.6 is 0 Å². The molecule has 0 bridgehead atoms. The molecule has 0 atom stereocenters. The summed E-state index contributed by atoms with van der Waals surface area (Å²) in [5, 5.41) is 3.69. The van der Waals surface area contributed by atoms with Crippen molar-refractivity contribution in [3.8, 4) is 0 Å². The maximum atomic E-state index is 5.64. The predicted molar refractivity (Wildman–Crippen MR) is 89.7 cm³/mol. The molecule has 0 radical (unpaired) electrons. The highest BCUT2D eigenvalue weighted by molar-refractivity contribution is 4.92. The smallest absolute Gasteiger partial charge is 0.0472 e. The molecule has 2 rings (SSSR count). The Kier molecular flexibility index (Phi) is 6.97. The second kappa shape index (κ2) is 8.50. The molecule has 1 N–H and O–H groups in total. The van der Waals surface area contributed by atoms with E-state index in [1.54, 1.807) is 0 Å². The minimum absolute atomic E-state index is 0.451. The number of rotatable bonds is 10. The highest BCUT2D eigenvalue weighted by Gasteiger charge is 2.38. The Morgan fingerprint density at radius 2 is 1.95 bits per heavy atom. The largest absolute Gasteiger partial charge is 0.381 e. The summed E-state index contributed by atoms with van der Waals surface area (Å²) < 4.78 is 5.64. The lowest BCUT2D eigenvalue weighted by atomic mass is 9.79. The first kappa shape index (κ1) is 17.2. The van der Waals surface area contributed by atoms with Gasteiger partial charge in [0.2, 0.25) is 0 Å². The normalized spacial score (nSPS) is 22.1. The van der Waals surface area contributed by atoms with Gasteiger partial charge in [-0.05, 0) is 62.9 Å². The van der Waals surface area contributed by atoms with Crippen LogP contribution in [0.3, 0.4) is 0 Å². The molecule has 1 aliphatic carbocycles. The Bertz CT molecular complexity index is 283. The van der Waals surface area contributed by atoms with Gasteiger partial charge in [-0.25, -0.2) is 0 Å². The monoisotopic (exact) mass is 296 g/mol. The summed E-state index contributed by atoms with van der Waals surface area (Å²) in [4.78, 5) is 2.80. The van der Waals surface area contributed by atoms with Gasteiger partial charge in [0.1, 0.15) is 0 Å². The molecule has 0 spiro atoms. The summed E-state index contributed by atoms with van der Waals surface area (Å²) in [6, 6.07) is 0.884. The summed E-state index contributed by atoms with van der Waals surface area (Å²) in [6.07, 6.45) is 7.88. The second-order valence-electron chi connectivity index (χ2n) is 7.67. The molecule has 1 saturated carbocycles. The average Bonchev–Trinajstić information content (AvgIpc) is 3.29. The quantitative estimate of drug-likeness (QED) is 0.626. The van der Waals surface area contributed by atoms with Crippen molar-refractivity contribution < 1.29 is 4.74 Å². The van der Waals surface area contributed by atoms with Gasteiger partial charge in [-0.1, -0.05) is 20.8 Å². The molecule has 2 aliphatic rings. The molecule has 0 aromatic carbocycles. The Labute approximate surface area is 131 Å². The van der Waals surface area contributed by atoms with Crippen molar-refractivity contribution in [3.63, 3.8) is 0 Å². The van der Waals surface area contributed by atoms with Crippen LogP contribution in [-0.4, -0.2) is 50.3 Å². The van der Waals surface area contributed by atoms with Crippen molar-refractivity contribution in [2.45, 2.75) is 65.3 Å². The fraction of sp³-hybridized carbons (Fsp3) is 1.00. The van der Waals surface area contributed by atoms with E-state index in [0.717, 1.165) is 31.7 Å². The van der Waals surface area contributed by atoms with E-state index >= 15 is 0 Å². The van der Waals surface area contributed by atoms with Crippen LogP contribution in [0.2, 0.25) is 0 Å². The number of nitrogens with one attached hydrogen (secondary N) is 1. The first-order valence-corrected chi connectivity index (χ1v) is 9.18. The summed E-state index contributed by atoms with van der Waals surface area (Å²) in [5.41, 5.74) is 0.451. The number of hydrogen-bond acceptors (Lipinski definition) is 3. The second-order valence-corrected chi connectivity index (χ2v) is 7.67. The van der Waals surface area contributed by atoms with E-state index < -0.39 is 0 Å². The van der Waals surface area contributed by atoms with Crippen LogP contribution < -0.4 is 5.32 Å². The SMILES string of the molecule is CCCNCC1(CN(CCC(C)C)C2CC2)CCOCC1. The lowest BCUT2D eigenvalue weighted by Gasteiger charge is -2.41. The molecule has 21 heavy (non-hydrogen) atoms. The Morgan fingerprint density at radius 1 is 1.24 bits per heavy atom. The summed E-state index contributed by atoms with van der Waals surface area (Å²) in [7, 11) is 0. The fourth-order valence-corrected chi connectivity index (χ4v) is 3.41. The first-order valence-electron chi connectivity index (χ1n) is 9.18. The Morgan fingerprint density at radius 3 is 2.52 bits per heavy atom. The van der Waals surface area contributed by atoms with Crippen molar-refractivity contribution in [1.82, 2.24) is 10.2 Å². The molecule has 1 aliphatic heterocycles. The molecule has 2 fully saturated rings. The van der Waals surface area contributed by atoms with E-state index in [0.29, 0.717) is 5.41 Å². The zero-order valence-electron chi connectivity index (χ0n) is 14.5. The summed E-state index contributed by atoms with van der Waals surface area (Å²) in [5.74, 6) is 0.815. The third kappa shape index (κ3) is 5.88. The van der Waals surface area contributed by atoms with Crippen molar-refractivity contribution in [3.05, 3.63) is 0 Å². The maximum Gasteiger partial charge on any atom is 0.0472 e. The van der Waals surface area contributed by atoms with E-state index in [4.69, 9.17) is 4.74 Å². The summed E-state index contributed by atoms with van der Waals surface area (Å²) >= 11 is 0. The van der Waals surface area contributed by atoms with Crippen molar-refractivity contribution in [2.75, 3.05) is 39.4 Å². The molecule has 3 heteroatoms. The number of ether oxygens (including phenoxy) is 1. The zero-order chi connectivity index (χ0) is 15.1. The topological polar surface area (TPSA) is 24.5 Å². The first-order chi connectivity index (χ1) is 10.2. The highest BCUT2D eigenvalue weighted by Crippen LogP contribution is 2.36. The van der Waals surface area contributed by atoms with Crippen LogP contribution in [0.4, 0.5) is 0 Å². The van der Waals surface area contributed by atoms with Crippen LogP contribution in [0, 0.1) is 11.3 Å². The van der Waals surface area contributed by atoms with Gasteiger partial charge in [0, 0.05) is 32.3 Å². The predicted octanol–water partition coefficient (Wildman–Crippen LogP) is 3.29. The van der Waals surface area contributed by atoms with Crippen LogP contribution in [0.1, 0.15) is 59.3 Å². The van der Waals surface area contributed by atoms with E-state index in [9.17, 15) is 0 Å². The lowest BCUT2D eigenvalue weighted by Crippen LogP contribution is -2.48. The van der Waals surface area contributed by atoms with Crippen molar-refractivity contribution in [2.24, 2.45) is 11.3 Å². The maximum absolute atomic E-state index is 5.64. The van der Waals surface area contributed by atoms with Crippen LogP contribution in [0.15, 0.2) is 0 Å². The van der Waals surface area contributed by atoms with E-state index in [1.807, 2.05) is 0 Å². The van der Waals surface area contributed by atoms with Gasteiger partial charge >= 0.3 is 0 Å². The molecular weight excluding hydrogens is 260 g/mol. The highest BCUT2D eigenvalue weighted by atomic mass is 16.5. The van der Waals surface area contributed by atoms with Crippen LogP contribution in [0.25, 0.3) is 0 Å². The lowest BCUT2D eigenvalue weighted by molar-refractivity contribution is -0.00641. The van der Waals surface area contributed by atoms with Gasteiger partial charge in [-0.2, -0.15) is 0 Å². The van der Waals surface area contributed by atoms with Gasteiger partial charge in [0.25, 0.3) is 0 Å². The molecule has 124 valence electrons. The minimum Gasteiger partial charge on any atom is -0.381 e. The van der Waals surface area contributed by atoms with E-state index in [1.165, 1.54) is 58.2 Å². The molecule has 1 saturated heterocycles. The Balaban J connectivity index is 1.90. The molecule has 0 aromatic rings. The van der Waals surface area contributed by atoms with Crippen LogP contribution in [0.5, 0.6) is 0 Å². The number of nitrogens with zero attached hydrogens (tertiary/aromatic N) is 1. The average molecular weight is 296 g/mol. The number of hydrogen-bond donors (Lipinski definition) is 1. The van der Waals surface area contributed by atoms with Crippen LogP contribution in [-0.2, 0) is 4.74 Å². The third-order valence-corrected chi connectivity index (χ3v) is 5.08. The fourth-order valence-electron chi connectivity index (χ4n) is 3.41. The van der Waals surface area contributed by atoms with Crippen molar-refractivity contribution >= 4 is 0 Å². The van der Waals surface area contributed by atoms with Gasteiger partial charge in [0.05, 0.1) is 0 Å². The summed E-state index contributed by atoms with van der Waals surface area (Å²) in [6.45, 7) is 13.8. The van der Waals surface area contributed by atoms with Crippen molar-refractivity contribution in [1.29, 1.82) is 0 Å². The third-order valence-electron chi connectivity index (χ3n) is 5.08. The standard InChI is InChI=1S/C18H36N2O/c1-4-10-19-14-18(8-12-21-13-9-18)15-20(17-5-6-17)11-7-16(2)3/h16-17,19H,4-15H2,1-3H3. The molecule has 0 unspecified atom stereocenters. The molecule has 1 heterocycles. The Hall–Kier alpha value is -0.120. The van der Waals surface area contributed by atoms with Gasteiger partial charge in [-0.3, -0.25) is 4.90 Å². The molecular formula is C18H36N2O. The molecule has 3 nitrogen and oxygen atoms in total.